The highest BCUT2D eigenvalue weighted by Gasteiger charge is 2.32. The Balaban J connectivity index is 0.000000199. The highest BCUT2D eigenvalue weighted by molar-refractivity contribution is 5.69. The van der Waals surface area contributed by atoms with Crippen LogP contribution in [0.15, 0.2) is 70.8 Å². The number of aromatic nitrogens is 4. The predicted molar refractivity (Wildman–Crippen MR) is 186 cm³/mol. The molecule has 0 saturated carbocycles. The van der Waals surface area contributed by atoms with Crippen molar-refractivity contribution < 1.29 is 19.0 Å². The minimum absolute atomic E-state index is 0.0511. The SMILES string of the molecule is COc1ccc(Cn2cnc3c(c2=O)CN(C(=O)OC(C)(C)C)[C@H](C)C3)cc1.COc1ccc(Cn2cnc3c(c2=O)CN[C@H](C)C3)cc1. The third kappa shape index (κ3) is 8.74. The van der Waals surface area contributed by atoms with Gasteiger partial charge in [0.25, 0.3) is 11.1 Å². The summed E-state index contributed by atoms with van der Waals surface area (Å²) in [6, 6.07) is 15.6. The first-order valence-electron chi connectivity index (χ1n) is 16.5. The van der Waals surface area contributed by atoms with Gasteiger partial charge in [0.15, 0.2) is 0 Å². The molecule has 1 amide bonds. The topological polar surface area (TPSA) is 130 Å². The first-order valence-corrected chi connectivity index (χ1v) is 16.5. The van der Waals surface area contributed by atoms with E-state index in [1.54, 1.807) is 40.9 Å². The second-order valence-corrected chi connectivity index (χ2v) is 13.5. The summed E-state index contributed by atoms with van der Waals surface area (Å²) in [5.74, 6) is 1.58. The van der Waals surface area contributed by atoms with E-state index in [1.165, 1.54) is 0 Å². The van der Waals surface area contributed by atoms with Crippen LogP contribution in [0.3, 0.4) is 0 Å². The molecule has 2 aromatic carbocycles. The molecular formula is C37H46N6O6. The molecule has 0 spiro atoms. The van der Waals surface area contributed by atoms with Crippen molar-refractivity contribution >= 4 is 6.09 Å². The summed E-state index contributed by atoms with van der Waals surface area (Å²) in [4.78, 5) is 48.6. The van der Waals surface area contributed by atoms with Gasteiger partial charge in [0.2, 0.25) is 0 Å². The van der Waals surface area contributed by atoms with E-state index in [0.29, 0.717) is 37.7 Å². The third-order valence-corrected chi connectivity index (χ3v) is 8.57. The minimum atomic E-state index is -0.583. The second-order valence-electron chi connectivity index (χ2n) is 13.5. The smallest absolute Gasteiger partial charge is 0.410 e. The van der Waals surface area contributed by atoms with Gasteiger partial charge in [-0.2, -0.15) is 0 Å². The number of benzene rings is 2. The first kappa shape index (κ1) is 35.3. The van der Waals surface area contributed by atoms with E-state index in [9.17, 15) is 14.4 Å². The van der Waals surface area contributed by atoms with Crippen molar-refractivity contribution in [1.82, 2.24) is 29.3 Å². The Morgan fingerprint density at radius 2 is 1.29 bits per heavy atom. The van der Waals surface area contributed by atoms with Gasteiger partial charge in [-0.05, 0) is 70.0 Å². The number of nitrogens with one attached hydrogen (secondary N) is 1. The van der Waals surface area contributed by atoms with E-state index in [-0.39, 0.29) is 23.7 Å². The predicted octanol–water partition coefficient (Wildman–Crippen LogP) is 4.32. The van der Waals surface area contributed by atoms with E-state index in [1.807, 2.05) is 76.2 Å². The van der Waals surface area contributed by atoms with Gasteiger partial charge in [-0.1, -0.05) is 24.3 Å². The van der Waals surface area contributed by atoms with Crippen molar-refractivity contribution in [1.29, 1.82) is 0 Å². The molecular weight excluding hydrogens is 624 g/mol. The number of carbonyl (C=O) groups is 1. The first-order chi connectivity index (χ1) is 23.3. The zero-order valence-corrected chi connectivity index (χ0v) is 29.4. The van der Waals surface area contributed by atoms with Gasteiger partial charge in [-0.3, -0.25) is 18.7 Å². The highest BCUT2D eigenvalue weighted by Crippen LogP contribution is 2.22. The number of amides is 1. The molecule has 0 saturated heterocycles. The monoisotopic (exact) mass is 670 g/mol. The Kier molecular flexibility index (Phi) is 10.9. The zero-order chi connectivity index (χ0) is 35.3. The van der Waals surface area contributed by atoms with Crippen molar-refractivity contribution in [3.63, 3.8) is 0 Å². The van der Waals surface area contributed by atoms with Crippen molar-refractivity contribution in [3.05, 3.63) is 116 Å². The van der Waals surface area contributed by atoms with Crippen LogP contribution in [0.25, 0.3) is 0 Å². The molecule has 12 heteroatoms. The molecule has 4 heterocycles. The fourth-order valence-corrected chi connectivity index (χ4v) is 5.82. The molecule has 0 radical (unpaired) electrons. The summed E-state index contributed by atoms with van der Waals surface area (Å²) < 4.78 is 19.0. The molecule has 260 valence electrons. The molecule has 0 unspecified atom stereocenters. The molecule has 1 N–H and O–H groups in total. The maximum atomic E-state index is 13.0. The third-order valence-electron chi connectivity index (χ3n) is 8.57. The van der Waals surface area contributed by atoms with Crippen LogP contribution >= 0.6 is 0 Å². The standard InChI is InChI=1S/C21H27N3O4.C16H19N3O2/c1-14-10-18-17(12-24(14)20(26)28-21(2,3)4)19(25)23(13-22-18)11-15-6-8-16(27-5)9-7-15;1-11-7-15-14(8-17-11)16(20)19(10-18-15)9-12-3-5-13(21-2)6-4-12/h6-9,13-14H,10-12H2,1-5H3;3-6,10-11,17H,7-9H2,1-2H3/t14-;11-/m11/s1. The van der Waals surface area contributed by atoms with Crippen LogP contribution in [-0.4, -0.2) is 62.0 Å². The Morgan fingerprint density at radius 1 is 0.796 bits per heavy atom. The van der Waals surface area contributed by atoms with Crippen LogP contribution in [0.5, 0.6) is 11.5 Å². The normalized spacial score (nSPS) is 16.8. The molecule has 2 atom stereocenters. The maximum absolute atomic E-state index is 13.0. The Bertz CT molecular complexity index is 1880. The zero-order valence-electron chi connectivity index (χ0n) is 29.4. The highest BCUT2D eigenvalue weighted by atomic mass is 16.6. The van der Waals surface area contributed by atoms with Gasteiger partial charge < -0.3 is 24.4 Å². The lowest BCUT2D eigenvalue weighted by molar-refractivity contribution is 0.0134. The van der Waals surface area contributed by atoms with Crippen LogP contribution < -0.4 is 25.9 Å². The van der Waals surface area contributed by atoms with Crippen molar-refractivity contribution in [3.8, 4) is 11.5 Å². The number of fused-ring (bicyclic) bond motifs is 2. The van der Waals surface area contributed by atoms with Gasteiger partial charge >= 0.3 is 6.09 Å². The summed E-state index contributed by atoms with van der Waals surface area (Å²) in [6.07, 6.45) is 4.18. The van der Waals surface area contributed by atoms with Gasteiger partial charge in [-0.15, -0.1) is 0 Å². The quantitative estimate of drug-likeness (QED) is 0.319. The lowest BCUT2D eigenvalue weighted by Crippen LogP contribution is -2.47. The average molecular weight is 671 g/mol. The van der Waals surface area contributed by atoms with E-state index < -0.39 is 11.7 Å². The fraction of sp³-hybridized carbons (Fsp3) is 0.432. The number of nitrogens with zero attached hydrogens (tertiary/aromatic N) is 5. The van der Waals surface area contributed by atoms with Gasteiger partial charge in [0.1, 0.15) is 17.1 Å². The Hall–Kier alpha value is -4.97. The van der Waals surface area contributed by atoms with Crippen molar-refractivity contribution in [2.45, 2.75) is 91.3 Å². The Labute approximate surface area is 286 Å². The van der Waals surface area contributed by atoms with Crippen molar-refractivity contribution in [2.24, 2.45) is 0 Å². The summed E-state index contributed by atoms with van der Waals surface area (Å²) in [6.45, 7) is 11.3. The van der Waals surface area contributed by atoms with Crippen LogP contribution in [0.4, 0.5) is 4.79 Å². The summed E-state index contributed by atoms with van der Waals surface area (Å²) in [7, 11) is 3.26. The number of hydrogen-bond donors (Lipinski definition) is 1. The molecule has 0 aliphatic carbocycles. The molecule has 2 aromatic heterocycles. The molecule has 4 aromatic rings. The number of hydrogen-bond acceptors (Lipinski definition) is 9. The maximum Gasteiger partial charge on any atom is 0.410 e. The summed E-state index contributed by atoms with van der Waals surface area (Å²) >= 11 is 0. The lowest BCUT2D eigenvalue weighted by atomic mass is 10.0. The van der Waals surface area contributed by atoms with E-state index in [0.717, 1.165) is 46.0 Å². The second kappa shape index (κ2) is 15.1. The molecule has 2 aliphatic heterocycles. The molecule has 49 heavy (non-hydrogen) atoms. The average Bonchev–Trinajstić information content (AvgIpc) is 3.07. The molecule has 0 fully saturated rings. The fourth-order valence-electron chi connectivity index (χ4n) is 5.82. The van der Waals surface area contributed by atoms with E-state index >= 15 is 0 Å². The van der Waals surface area contributed by atoms with Crippen LogP contribution in [-0.2, 0) is 43.8 Å². The summed E-state index contributed by atoms with van der Waals surface area (Å²) in [5, 5.41) is 3.32. The van der Waals surface area contributed by atoms with Crippen LogP contribution in [0, 0.1) is 0 Å². The van der Waals surface area contributed by atoms with Crippen LogP contribution in [0.1, 0.15) is 68.3 Å². The van der Waals surface area contributed by atoms with Crippen LogP contribution in [0.2, 0.25) is 0 Å². The van der Waals surface area contributed by atoms with E-state index in [4.69, 9.17) is 14.2 Å². The Morgan fingerprint density at radius 3 is 1.78 bits per heavy atom. The van der Waals surface area contributed by atoms with Gasteiger partial charge in [0.05, 0.1) is 69.0 Å². The summed E-state index contributed by atoms with van der Waals surface area (Å²) in [5.41, 5.74) is 4.40. The molecule has 2 aliphatic rings. The lowest BCUT2D eigenvalue weighted by Gasteiger charge is -2.35. The number of carbonyl (C=O) groups excluding carboxylic acids is 1. The molecule has 12 nitrogen and oxygen atoms in total. The minimum Gasteiger partial charge on any atom is -0.497 e. The van der Waals surface area contributed by atoms with E-state index in [2.05, 4.69) is 22.2 Å². The van der Waals surface area contributed by atoms with Gasteiger partial charge in [0, 0.05) is 31.5 Å². The van der Waals surface area contributed by atoms with Gasteiger partial charge in [-0.25, -0.2) is 14.8 Å². The number of ether oxygens (including phenoxy) is 3. The van der Waals surface area contributed by atoms with Crippen molar-refractivity contribution in [2.75, 3.05) is 14.2 Å². The molecule has 6 rings (SSSR count). The number of methoxy groups -OCH3 is 2. The molecule has 0 bridgehead atoms. The number of rotatable bonds is 6. The largest absolute Gasteiger partial charge is 0.497 e.